The number of aromatic amines is 1. The van der Waals surface area contributed by atoms with Crippen molar-refractivity contribution in [2.24, 2.45) is 0 Å². The Kier molecular flexibility index (Phi) is 5.89. The third-order valence-electron chi connectivity index (χ3n) is 4.45. The van der Waals surface area contributed by atoms with Crippen molar-refractivity contribution in [2.45, 2.75) is 13.5 Å². The average Bonchev–Trinajstić information content (AvgIpc) is 3.44. The summed E-state index contributed by atoms with van der Waals surface area (Å²) >= 11 is 0. The minimum Gasteiger partial charge on any atom is -0.494 e. The van der Waals surface area contributed by atoms with E-state index >= 15 is 0 Å². The molecule has 158 valence electrons. The van der Waals surface area contributed by atoms with Crippen molar-refractivity contribution in [2.75, 3.05) is 6.61 Å². The number of para-hydroxylation sites is 1. The van der Waals surface area contributed by atoms with Gasteiger partial charge in [-0.25, -0.2) is 0 Å². The van der Waals surface area contributed by atoms with Crippen LogP contribution in [0.4, 0.5) is 0 Å². The van der Waals surface area contributed by atoms with Crippen LogP contribution in [-0.2, 0) is 6.61 Å². The highest BCUT2D eigenvalue weighted by Crippen LogP contribution is 2.21. The van der Waals surface area contributed by atoms with E-state index in [0.29, 0.717) is 29.6 Å². The quantitative estimate of drug-likeness (QED) is 0.395. The summed E-state index contributed by atoms with van der Waals surface area (Å²) in [4.78, 5) is 27.7. The van der Waals surface area contributed by atoms with E-state index in [1.807, 2.05) is 55.5 Å². The van der Waals surface area contributed by atoms with Crippen LogP contribution in [-0.4, -0.2) is 23.4 Å². The maximum Gasteiger partial charge on any atom is 0.305 e. The minimum atomic E-state index is -0.575. The first kappa shape index (κ1) is 20.1. The summed E-state index contributed by atoms with van der Waals surface area (Å²) in [5.74, 6) is 0.896. The van der Waals surface area contributed by atoms with Crippen molar-refractivity contribution < 1.29 is 23.5 Å². The number of benzene rings is 2. The molecule has 0 bridgehead atoms. The summed E-state index contributed by atoms with van der Waals surface area (Å²) in [7, 11) is 0. The van der Waals surface area contributed by atoms with Crippen LogP contribution >= 0.6 is 0 Å². The number of amides is 2. The second kappa shape index (κ2) is 9.08. The van der Waals surface area contributed by atoms with Crippen molar-refractivity contribution in [3.8, 4) is 11.5 Å². The topological polar surface area (TPSA) is 106 Å². The van der Waals surface area contributed by atoms with Gasteiger partial charge in [0.25, 0.3) is 5.91 Å². The predicted octanol–water partition coefficient (Wildman–Crippen LogP) is 3.81. The summed E-state index contributed by atoms with van der Waals surface area (Å²) < 4.78 is 16.5. The zero-order valence-electron chi connectivity index (χ0n) is 16.8. The smallest absolute Gasteiger partial charge is 0.305 e. The number of fused-ring (bicyclic) bond motifs is 1. The zero-order chi connectivity index (χ0) is 21.6. The molecule has 0 aliphatic carbocycles. The number of carbonyl (C=O) groups excluding carboxylic acids is 2. The Hall–Kier alpha value is -4.20. The van der Waals surface area contributed by atoms with Gasteiger partial charge in [-0.2, -0.15) is 0 Å². The molecule has 3 N–H and O–H groups in total. The molecule has 8 nitrogen and oxygen atoms in total. The Morgan fingerprint density at radius 2 is 1.71 bits per heavy atom. The van der Waals surface area contributed by atoms with Crippen molar-refractivity contribution >= 4 is 22.7 Å². The third kappa shape index (κ3) is 4.87. The average molecular weight is 419 g/mol. The highest BCUT2D eigenvalue weighted by atomic mass is 16.5. The molecule has 0 unspecified atom stereocenters. The van der Waals surface area contributed by atoms with Crippen molar-refractivity contribution in [3.63, 3.8) is 0 Å². The number of rotatable bonds is 7. The van der Waals surface area contributed by atoms with E-state index < -0.39 is 11.8 Å². The van der Waals surface area contributed by atoms with E-state index in [9.17, 15) is 9.59 Å². The van der Waals surface area contributed by atoms with Gasteiger partial charge in [0.2, 0.25) is 0 Å². The molecule has 31 heavy (non-hydrogen) atoms. The summed E-state index contributed by atoms with van der Waals surface area (Å²) in [5.41, 5.74) is 5.78. The summed E-state index contributed by atoms with van der Waals surface area (Å²) in [6, 6.07) is 19.6. The van der Waals surface area contributed by atoms with Gasteiger partial charge in [-0.05, 0) is 49.4 Å². The number of aromatic nitrogens is 1. The third-order valence-corrected chi connectivity index (χ3v) is 4.45. The number of hydrogen-bond donors (Lipinski definition) is 3. The zero-order valence-corrected chi connectivity index (χ0v) is 16.8. The van der Waals surface area contributed by atoms with E-state index in [4.69, 9.17) is 13.9 Å². The van der Waals surface area contributed by atoms with Crippen LogP contribution in [0, 0.1) is 0 Å². The SMILES string of the molecule is CCOc1ccc2cc(C(=O)NNC(=O)c3ccc(COc4ccccc4)o3)[nH]c2c1. The second-order valence-corrected chi connectivity index (χ2v) is 6.64. The van der Waals surface area contributed by atoms with E-state index in [1.54, 1.807) is 12.1 Å². The first-order valence-electron chi connectivity index (χ1n) is 9.75. The minimum absolute atomic E-state index is 0.0602. The fourth-order valence-corrected chi connectivity index (χ4v) is 2.98. The molecule has 0 fully saturated rings. The number of ether oxygens (including phenoxy) is 2. The van der Waals surface area contributed by atoms with Crippen LogP contribution in [0.2, 0.25) is 0 Å². The van der Waals surface area contributed by atoms with Gasteiger partial charge in [0.1, 0.15) is 29.6 Å². The highest BCUT2D eigenvalue weighted by molar-refractivity contribution is 6.00. The Balaban J connectivity index is 1.32. The lowest BCUT2D eigenvalue weighted by molar-refractivity contribution is 0.0826. The van der Waals surface area contributed by atoms with Crippen LogP contribution in [0.1, 0.15) is 33.7 Å². The number of furan rings is 1. The standard InChI is InChI=1S/C23H21N3O5/c1-2-29-17-9-8-15-12-20(24-19(15)13-17)22(27)25-26-23(28)21-11-10-18(31-21)14-30-16-6-4-3-5-7-16/h3-13,24H,2,14H2,1H3,(H,25,27)(H,26,28). The molecule has 0 saturated heterocycles. The number of nitrogens with one attached hydrogen (secondary N) is 3. The van der Waals surface area contributed by atoms with Crippen molar-refractivity contribution in [3.05, 3.63) is 83.9 Å². The Bertz CT molecular complexity index is 1200. The van der Waals surface area contributed by atoms with Crippen molar-refractivity contribution in [1.29, 1.82) is 0 Å². The molecule has 2 aromatic carbocycles. The Morgan fingerprint density at radius 1 is 0.903 bits per heavy atom. The molecule has 0 aliphatic rings. The van der Waals surface area contributed by atoms with Gasteiger partial charge >= 0.3 is 5.91 Å². The van der Waals surface area contributed by atoms with Crippen LogP contribution in [0.5, 0.6) is 11.5 Å². The van der Waals surface area contributed by atoms with Gasteiger partial charge < -0.3 is 18.9 Å². The van der Waals surface area contributed by atoms with Crippen LogP contribution in [0.15, 0.2) is 71.1 Å². The van der Waals surface area contributed by atoms with Gasteiger partial charge in [0.05, 0.1) is 6.61 Å². The number of hydrogen-bond acceptors (Lipinski definition) is 5. The van der Waals surface area contributed by atoms with Crippen LogP contribution < -0.4 is 20.3 Å². The van der Waals surface area contributed by atoms with Crippen LogP contribution in [0.3, 0.4) is 0 Å². The van der Waals surface area contributed by atoms with E-state index in [0.717, 1.165) is 10.9 Å². The first-order chi connectivity index (χ1) is 15.1. The molecule has 0 saturated carbocycles. The molecule has 0 spiro atoms. The molecule has 0 atom stereocenters. The first-order valence-corrected chi connectivity index (χ1v) is 9.75. The fraction of sp³-hybridized carbons (Fsp3) is 0.130. The maximum absolute atomic E-state index is 12.4. The number of carbonyl (C=O) groups is 2. The molecule has 0 aliphatic heterocycles. The van der Waals surface area contributed by atoms with Crippen LogP contribution in [0.25, 0.3) is 10.9 Å². The van der Waals surface area contributed by atoms with E-state index in [-0.39, 0.29) is 12.4 Å². The maximum atomic E-state index is 12.4. The lowest BCUT2D eigenvalue weighted by atomic mass is 10.2. The molecule has 4 aromatic rings. The van der Waals surface area contributed by atoms with Gasteiger partial charge in [-0.1, -0.05) is 18.2 Å². The summed E-state index contributed by atoms with van der Waals surface area (Å²) in [6.45, 7) is 2.64. The van der Waals surface area contributed by atoms with E-state index in [2.05, 4.69) is 15.8 Å². The van der Waals surface area contributed by atoms with Crippen molar-refractivity contribution in [1.82, 2.24) is 15.8 Å². The lowest BCUT2D eigenvalue weighted by Crippen LogP contribution is -2.41. The lowest BCUT2D eigenvalue weighted by Gasteiger charge is -2.05. The number of H-pyrrole nitrogens is 1. The molecular formula is C23H21N3O5. The monoisotopic (exact) mass is 419 g/mol. The molecule has 2 heterocycles. The second-order valence-electron chi connectivity index (χ2n) is 6.64. The molecular weight excluding hydrogens is 398 g/mol. The van der Waals surface area contributed by atoms with E-state index in [1.165, 1.54) is 6.07 Å². The van der Waals surface area contributed by atoms with Gasteiger partial charge in [-0.3, -0.25) is 20.4 Å². The van der Waals surface area contributed by atoms with Gasteiger partial charge in [0.15, 0.2) is 5.76 Å². The molecule has 2 amide bonds. The normalized spacial score (nSPS) is 10.6. The predicted molar refractivity (Wildman–Crippen MR) is 114 cm³/mol. The van der Waals surface area contributed by atoms with Gasteiger partial charge in [0, 0.05) is 17.0 Å². The Morgan fingerprint density at radius 3 is 2.52 bits per heavy atom. The summed E-state index contributed by atoms with van der Waals surface area (Å²) in [5, 5.41) is 0.856. The molecule has 2 aromatic heterocycles. The molecule has 8 heteroatoms. The Labute approximate surface area is 178 Å². The molecule has 4 rings (SSSR count). The number of hydrazine groups is 1. The van der Waals surface area contributed by atoms with Gasteiger partial charge in [-0.15, -0.1) is 0 Å². The summed E-state index contributed by atoms with van der Waals surface area (Å²) in [6.07, 6.45) is 0. The highest BCUT2D eigenvalue weighted by Gasteiger charge is 2.15. The molecule has 0 radical (unpaired) electrons. The fourth-order valence-electron chi connectivity index (χ4n) is 2.98. The largest absolute Gasteiger partial charge is 0.494 e.